The SMILES string of the molecule is CCOC(=O)C(Nc1ccc(C#N)cc1)c1cc(OCC)cc(OCCC2CCN(C(=O)O)CC2)c1F. The quantitative estimate of drug-likeness (QED) is 0.404. The van der Waals surface area contributed by atoms with Gasteiger partial charge in [0.25, 0.3) is 0 Å². The number of carbonyl (C=O) groups is 2. The smallest absolute Gasteiger partial charge is 0.407 e. The van der Waals surface area contributed by atoms with Crippen LogP contribution in [0.1, 0.15) is 50.3 Å². The molecule has 1 amide bonds. The molecule has 37 heavy (non-hydrogen) atoms. The molecule has 1 unspecified atom stereocenters. The number of rotatable bonds is 11. The van der Waals surface area contributed by atoms with E-state index in [-0.39, 0.29) is 30.4 Å². The maximum Gasteiger partial charge on any atom is 0.407 e. The third-order valence-electron chi connectivity index (χ3n) is 6.18. The Bertz CT molecular complexity index is 1110. The monoisotopic (exact) mass is 513 g/mol. The molecule has 1 heterocycles. The number of carbonyl (C=O) groups excluding carboxylic acids is 1. The van der Waals surface area contributed by atoms with Crippen LogP contribution in [-0.2, 0) is 9.53 Å². The van der Waals surface area contributed by atoms with Gasteiger partial charge in [-0.15, -0.1) is 0 Å². The molecule has 0 saturated carbocycles. The maximum absolute atomic E-state index is 15.7. The number of ether oxygens (including phenoxy) is 3. The Morgan fingerprint density at radius 3 is 2.46 bits per heavy atom. The summed E-state index contributed by atoms with van der Waals surface area (Å²) in [6.07, 6.45) is 1.18. The van der Waals surface area contributed by atoms with Crippen LogP contribution in [0.3, 0.4) is 0 Å². The molecule has 3 rings (SSSR count). The Morgan fingerprint density at radius 1 is 1.16 bits per heavy atom. The van der Waals surface area contributed by atoms with Gasteiger partial charge < -0.3 is 29.5 Å². The molecule has 2 aromatic carbocycles. The van der Waals surface area contributed by atoms with E-state index in [2.05, 4.69) is 5.32 Å². The van der Waals surface area contributed by atoms with E-state index in [0.717, 1.165) is 12.8 Å². The minimum atomic E-state index is -1.18. The summed E-state index contributed by atoms with van der Waals surface area (Å²) in [5.74, 6) is -0.795. The first-order valence-electron chi connectivity index (χ1n) is 12.4. The predicted octanol–water partition coefficient (Wildman–Crippen LogP) is 4.97. The fourth-order valence-electron chi connectivity index (χ4n) is 4.20. The van der Waals surface area contributed by atoms with Crippen molar-refractivity contribution in [3.8, 4) is 17.6 Å². The summed E-state index contributed by atoms with van der Waals surface area (Å²) in [6.45, 7) is 5.09. The molecule has 1 atom stereocenters. The van der Waals surface area contributed by atoms with Crippen molar-refractivity contribution < 1.29 is 33.3 Å². The molecular weight excluding hydrogens is 481 g/mol. The highest BCUT2D eigenvalue weighted by Crippen LogP contribution is 2.34. The number of likely N-dealkylation sites (tertiary alicyclic amines) is 1. The number of benzene rings is 2. The molecule has 0 aliphatic carbocycles. The van der Waals surface area contributed by atoms with Crippen molar-refractivity contribution in [2.45, 2.75) is 39.2 Å². The lowest BCUT2D eigenvalue weighted by Crippen LogP contribution is -2.37. The van der Waals surface area contributed by atoms with Gasteiger partial charge in [-0.3, -0.25) is 0 Å². The summed E-state index contributed by atoms with van der Waals surface area (Å²) >= 11 is 0. The van der Waals surface area contributed by atoms with E-state index in [0.29, 0.717) is 43.1 Å². The zero-order valence-electron chi connectivity index (χ0n) is 21.0. The van der Waals surface area contributed by atoms with Crippen molar-refractivity contribution in [3.05, 3.63) is 53.3 Å². The molecule has 2 N–H and O–H groups in total. The summed E-state index contributed by atoms with van der Waals surface area (Å²) in [7, 11) is 0. The number of hydrogen-bond acceptors (Lipinski definition) is 7. The first-order chi connectivity index (χ1) is 17.9. The number of amides is 1. The fourth-order valence-corrected chi connectivity index (χ4v) is 4.20. The highest BCUT2D eigenvalue weighted by atomic mass is 19.1. The molecular formula is C27H32FN3O6. The van der Waals surface area contributed by atoms with Crippen molar-refractivity contribution in [1.82, 2.24) is 4.90 Å². The summed E-state index contributed by atoms with van der Waals surface area (Å²) in [5.41, 5.74) is 0.971. The van der Waals surface area contributed by atoms with Crippen molar-refractivity contribution >= 4 is 17.7 Å². The molecule has 198 valence electrons. The van der Waals surface area contributed by atoms with Gasteiger partial charge in [0.05, 0.1) is 31.5 Å². The van der Waals surface area contributed by atoms with E-state index < -0.39 is 23.9 Å². The Labute approximate surface area is 215 Å². The van der Waals surface area contributed by atoms with Gasteiger partial charge in [-0.1, -0.05) is 0 Å². The number of nitrogens with one attached hydrogen (secondary N) is 1. The Morgan fingerprint density at radius 2 is 1.86 bits per heavy atom. The number of piperidine rings is 1. The van der Waals surface area contributed by atoms with Crippen LogP contribution in [0.15, 0.2) is 36.4 Å². The van der Waals surface area contributed by atoms with Crippen molar-refractivity contribution in [2.75, 3.05) is 38.2 Å². The minimum absolute atomic E-state index is 0.0125. The van der Waals surface area contributed by atoms with Crippen molar-refractivity contribution in [2.24, 2.45) is 5.92 Å². The molecule has 1 saturated heterocycles. The fraction of sp³-hybridized carbons (Fsp3) is 0.444. The van der Waals surface area contributed by atoms with E-state index in [1.54, 1.807) is 38.1 Å². The van der Waals surface area contributed by atoms with Gasteiger partial charge in [0.2, 0.25) is 0 Å². The first kappa shape index (κ1) is 27.6. The second-order valence-corrected chi connectivity index (χ2v) is 8.63. The third kappa shape index (κ3) is 7.49. The van der Waals surface area contributed by atoms with E-state index in [1.807, 2.05) is 6.07 Å². The number of nitriles is 1. The molecule has 9 nitrogen and oxygen atoms in total. The van der Waals surface area contributed by atoms with E-state index in [4.69, 9.17) is 24.6 Å². The second-order valence-electron chi connectivity index (χ2n) is 8.63. The average molecular weight is 514 g/mol. The van der Waals surface area contributed by atoms with Gasteiger partial charge in [0.1, 0.15) is 5.75 Å². The number of carboxylic acid groups (broad SMARTS) is 1. The van der Waals surface area contributed by atoms with Crippen LogP contribution < -0.4 is 14.8 Å². The molecule has 0 aromatic heterocycles. The van der Waals surface area contributed by atoms with Crippen LogP contribution >= 0.6 is 0 Å². The molecule has 10 heteroatoms. The highest BCUT2D eigenvalue weighted by Gasteiger charge is 2.29. The first-order valence-corrected chi connectivity index (χ1v) is 12.4. The normalized spacial score (nSPS) is 14.4. The van der Waals surface area contributed by atoms with Gasteiger partial charge in [-0.25, -0.2) is 14.0 Å². The zero-order chi connectivity index (χ0) is 26.8. The topological polar surface area (TPSA) is 121 Å². The van der Waals surface area contributed by atoms with Gasteiger partial charge in [-0.2, -0.15) is 5.26 Å². The van der Waals surface area contributed by atoms with Crippen LogP contribution in [0.2, 0.25) is 0 Å². The van der Waals surface area contributed by atoms with E-state index >= 15 is 4.39 Å². The van der Waals surface area contributed by atoms with Crippen LogP contribution in [0.25, 0.3) is 0 Å². The Hall–Kier alpha value is -4.00. The van der Waals surface area contributed by atoms with Gasteiger partial charge in [0.15, 0.2) is 17.6 Å². The van der Waals surface area contributed by atoms with E-state index in [1.165, 1.54) is 17.0 Å². The maximum atomic E-state index is 15.7. The van der Waals surface area contributed by atoms with Gasteiger partial charge in [0, 0.05) is 30.4 Å². The summed E-state index contributed by atoms with van der Waals surface area (Å²) in [6, 6.07) is 10.2. The number of esters is 1. The van der Waals surface area contributed by atoms with Crippen molar-refractivity contribution in [1.29, 1.82) is 5.26 Å². The lowest BCUT2D eigenvalue weighted by Gasteiger charge is -2.29. The molecule has 0 bridgehead atoms. The molecule has 0 spiro atoms. The molecule has 0 radical (unpaired) electrons. The Kier molecular flexibility index (Phi) is 9.95. The van der Waals surface area contributed by atoms with Crippen LogP contribution in [0, 0.1) is 23.1 Å². The number of halogens is 1. The molecule has 2 aromatic rings. The lowest BCUT2D eigenvalue weighted by atomic mass is 9.94. The van der Waals surface area contributed by atoms with Gasteiger partial charge in [-0.05, 0) is 69.4 Å². The molecule has 1 aliphatic heterocycles. The van der Waals surface area contributed by atoms with E-state index in [9.17, 15) is 9.59 Å². The number of anilines is 1. The zero-order valence-corrected chi connectivity index (χ0v) is 21.0. The molecule has 1 aliphatic rings. The lowest BCUT2D eigenvalue weighted by molar-refractivity contribution is -0.144. The minimum Gasteiger partial charge on any atom is -0.494 e. The third-order valence-corrected chi connectivity index (χ3v) is 6.18. The van der Waals surface area contributed by atoms with Gasteiger partial charge >= 0.3 is 12.1 Å². The number of nitrogens with zero attached hydrogens (tertiary/aromatic N) is 2. The van der Waals surface area contributed by atoms with Crippen LogP contribution in [-0.4, -0.2) is 55.0 Å². The molecule has 1 fully saturated rings. The predicted molar refractivity (Wildman–Crippen MR) is 134 cm³/mol. The van der Waals surface area contributed by atoms with Crippen molar-refractivity contribution in [3.63, 3.8) is 0 Å². The second kappa shape index (κ2) is 13.3. The summed E-state index contributed by atoms with van der Waals surface area (Å²) < 4.78 is 32.4. The Balaban J connectivity index is 1.80. The van der Waals surface area contributed by atoms with Crippen LogP contribution in [0.4, 0.5) is 14.9 Å². The summed E-state index contributed by atoms with van der Waals surface area (Å²) in [5, 5.41) is 21.1. The standard InChI is InChI=1S/C27H32FN3O6/c1-3-35-21-15-22(25(26(32)36-4-2)30-20-7-5-19(17-29)6-8-20)24(28)23(16-21)37-14-11-18-9-12-31(13-10-18)27(33)34/h5-8,15-16,18,25,30H,3-4,9-14H2,1-2H3,(H,33,34). The summed E-state index contributed by atoms with van der Waals surface area (Å²) in [4.78, 5) is 25.4. The average Bonchev–Trinajstić information content (AvgIpc) is 2.90. The number of hydrogen-bond donors (Lipinski definition) is 2. The van der Waals surface area contributed by atoms with Crippen LogP contribution in [0.5, 0.6) is 11.5 Å². The largest absolute Gasteiger partial charge is 0.494 e. The highest BCUT2D eigenvalue weighted by molar-refractivity contribution is 5.81.